The van der Waals surface area contributed by atoms with Crippen molar-refractivity contribution >= 4 is 23.5 Å². The summed E-state index contributed by atoms with van der Waals surface area (Å²) in [5.74, 6) is 0.403. The Morgan fingerprint density at radius 2 is 2.04 bits per heavy atom. The van der Waals surface area contributed by atoms with Gasteiger partial charge in [-0.15, -0.1) is 0 Å². The Balaban J connectivity index is 2.12. The molecule has 2 heterocycles. The third-order valence-electron chi connectivity index (χ3n) is 4.50. The number of allylic oxidation sites excluding steroid dienone is 1. The van der Waals surface area contributed by atoms with Gasteiger partial charge in [-0.2, -0.15) is 0 Å². The van der Waals surface area contributed by atoms with Gasteiger partial charge in [0.05, 0.1) is 24.2 Å². The lowest BCUT2D eigenvalue weighted by Crippen LogP contribution is -2.30. The second-order valence-electron chi connectivity index (χ2n) is 6.33. The van der Waals surface area contributed by atoms with Crippen molar-refractivity contribution in [2.75, 3.05) is 18.2 Å². The maximum atomic E-state index is 12.9. The maximum absolute atomic E-state index is 12.9. The number of aromatic amines is 1. The summed E-state index contributed by atoms with van der Waals surface area (Å²) in [6, 6.07) is 9.48. The van der Waals surface area contributed by atoms with Gasteiger partial charge in [0.25, 0.3) is 5.56 Å². The van der Waals surface area contributed by atoms with E-state index in [1.807, 2.05) is 30.3 Å². The van der Waals surface area contributed by atoms with Crippen LogP contribution in [0.1, 0.15) is 43.7 Å². The maximum Gasteiger partial charge on any atom is 0.336 e. The van der Waals surface area contributed by atoms with Crippen molar-refractivity contribution in [3.63, 3.8) is 0 Å². The number of esters is 1. The number of rotatable bonds is 6. The van der Waals surface area contributed by atoms with Crippen LogP contribution < -0.4 is 10.9 Å². The molecule has 1 aliphatic rings. The molecule has 0 aliphatic carbocycles. The van der Waals surface area contributed by atoms with E-state index in [0.717, 1.165) is 24.2 Å². The van der Waals surface area contributed by atoms with Crippen LogP contribution in [-0.4, -0.2) is 28.8 Å². The van der Waals surface area contributed by atoms with Crippen LogP contribution in [-0.2, 0) is 9.53 Å². The minimum Gasteiger partial charge on any atom is -0.466 e. The van der Waals surface area contributed by atoms with Crippen LogP contribution >= 0.6 is 11.8 Å². The van der Waals surface area contributed by atoms with E-state index in [1.165, 1.54) is 18.9 Å². The molecule has 1 aromatic heterocycles. The van der Waals surface area contributed by atoms with Gasteiger partial charge in [-0.3, -0.25) is 4.79 Å². The molecule has 1 atom stereocenters. The highest BCUT2D eigenvalue weighted by Crippen LogP contribution is 2.39. The monoisotopic (exact) mass is 385 g/mol. The summed E-state index contributed by atoms with van der Waals surface area (Å²) in [5, 5.41) is 3.71. The van der Waals surface area contributed by atoms with Crippen molar-refractivity contribution in [1.29, 1.82) is 0 Å². The highest BCUT2D eigenvalue weighted by atomic mass is 32.2. The number of thioether (sulfide) groups is 1. The second kappa shape index (κ2) is 8.43. The molecule has 0 amide bonds. The quantitative estimate of drug-likeness (QED) is 0.342. The van der Waals surface area contributed by atoms with Crippen molar-refractivity contribution in [2.24, 2.45) is 0 Å². The zero-order valence-electron chi connectivity index (χ0n) is 15.7. The van der Waals surface area contributed by atoms with E-state index < -0.39 is 11.9 Å². The van der Waals surface area contributed by atoms with E-state index in [4.69, 9.17) is 4.74 Å². The minimum absolute atomic E-state index is 0.241. The molecule has 0 saturated heterocycles. The molecule has 6 nitrogen and oxygen atoms in total. The molecule has 1 aliphatic heterocycles. The molecule has 0 bridgehead atoms. The Morgan fingerprint density at radius 1 is 1.30 bits per heavy atom. The van der Waals surface area contributed by atoms with Crippen LogP contribution in [0.25, 0.3) is 0 Å². The largest absolute Gasteiger partial charge is 0.466 e. The number of H-pyrrole nitrogens is 1. The number of nitrogens with one attached hydrogen (secondary N) is 2. The number of aromatic nitrogens is 2. The third kappa shape index (κ3) is 3.93. The molecule has 142 valence electrons. The molecule has 2 N–H and O–H groups in total. The standard InChI is InChI=1S/C20H23N3O3S/c1-4-5-11-27-20-22-17-16(18(24)23-20)15(13-9-7-6-8-10-13)14(12(2)21-17)19(25)26-3/h6-10,15H,4-5,11H2,1-3H3,(H2,21,22,23,24)/t15-/m0/s1. The number of unbranched alkanes of at least 4 members (excludes halogenated alkanes) is 1. The van der Waals surface area contributed by atoms with Gasteiger partial charge < -0.3 is 15.0 Å². The fourth-order valence-electron chi connectivity index (χ4n) is 3.17. The molecule has 0 spiro atoms. The summed E-state index contributed by atoms with van der Waals surface area (Å²) in [4.78, 5) is 32.9. The zero-order valence-corrected chi connectivity index (χ0v) is 16.5. The molecule has 0 saturated carbocycles. The number of hydrogen-bond acceptors (Lipinski definition) is 6. The molecule has 2 aromatic rings. The Bertz CT molecular complexity index is 922. The average Bonchev–Trinajstić information content (AvgIpc) is 2.67. The Hall–Kier alpha value is -2.54. The number of methoxy groups -OCH3 is 1. The number of hydrogen-bond donors (Lipinski definition) is 2. The second-order valence-corrected chi connectivity index (χ2v) is 7.42. The number of nitrogens with zero attached hydrogens (tertiary/aromatic N) is 1. The summed E-state index contributed by atoms with van der Waals surface area (Å²) < 4.78 is 4.98. The molecule has 3 rings (SSSR count). The number of anilines is 1. The van der Waals surface area contributed by atoms with Gasteiger partial charge in [-0.1, -0.05) is 55.4 Å². The van der Waals surface area contributed by atoms with Crippen LogP contribution in [0.5, 0.6) is 0 Å². The van der Waals surface area contributed by atoms with Crippen molar-refractivity contribution in [2.45, 2.75) is 37.8 Å². The van der Waals surface area contributed by atoms with Gasteiger partial charge in [-0.05, 0) is 18.9 Å². The number of benzene rings is 1. The molecule has 27 heavy (non-hydrogen) atoms. The molecular formula is C20H23N3O3S. The van der Waals surface area contributed by atoms with Gasteiger partial charge in [-0.25, -0.2) is 9.78 Å². The molecule has 0 fully saturated rings. The molecule has 0 unspecified atom stereocenters. The van der Waals surface area contributed by atoms with E-state index in [9.17, 15) is 9.59 Å². The zero-order chi connectivity index (χ0) is 19.4. The summed E-state index contributed by atoms with van der Waals surface area (Å²) in [6.07, 6.45) is 2.14. The van der Waals surface area contributed by atoms with E-state index in [2.05, 4.69) is 22.2 Å². The predicted octanol–water partition coefficient (Wildman–Crippen LogP) is 3.67. The minimum atomic E-state index is -0.527. The van der Waals surface area contributed by atoms with Gasteiger partial charge in [0.2, 0.25) is 0 Å². The van der Waals surface area contributed by atoms with Crippen LogP contribution in [0, 0.1) is 0 Å². The normalized spacial score (nSPS) is 15.9. The molecule has 7 heteroatoms. The van der Waals surface area contributed by atoms with Gasteiger partial charge in [0.1, 0.15) is 5.82 Å². The first-order valence-corrected chi connectivity index (χ1v) is 9.93. The van der Waals surface area contributed by atoms with E-state index in [0.29, 0.717) is 27.8 Å². The highest BCUT2D eigenvalue weighted by molar-refractivity contribution is 7.99. The smallest absolute Gasteiger partial charge is 0.336 e. The summed E-state index contributed by atoms with van der Waals surface area (Å²) in [6.45, 7) is 3.93. The van der Waals surface area contributed by atoms with Crippen LogP contribution in [0.15, 0.2) is 51.6 Å². The first-order valence-electron chi connectivity index (χ1n) is 8.94. The van der Waals surface area contributed by atoms with Crippen LogP contribution in [0.4, 0.5) is 5.82 Å². The van der Waals surface area contributed by atoms with Gasteiger partial charge >= 0.3 is 5.97 Å². The summed E-state index contributed by atoms with van der Waals surface area (Å²) in [5.41, 5.74) is 2.11. The first kappa shape index (κ1) is 19.2. The van der Waals surface area contributed by atoms with Crippen LogP contribution in [0.2, 0.25) is 0 Å². The highest BCUT2D eigenvalue weighted by Gasteiger charge is 2.36. The van der Waals surface area contributed by atoms with Gasteiger partial charge in [0, 0.05) is 11.4 Å². The summed E-state index contributed by atoms with van der Waals surface area (Å²) >= 11 is 1.53. The number of ether oxygens (including phenoxy) is 1. The van der Waals surface area contributed by atoms with Crippen LogP contribution in [0.3, 0.4) is 0 Å². The topological polar surface area (TPSA) is 84.1 Å². The molecule has 0 radical (unpaired) electrons. The number of carbonyl (C=O) groups excluding carboxylic acids is 1. The SMILES string of the molecule is CCCCSc1nc2c(c(=O)[nH]1)[C@@H](c1ccccc1)C(C(=O)OC)=C(C)N2. The molecular weight excluding hydrogens is 362 g/mol. The Kier molecular flexibility index (Phi) is 6.01. The van der Waals surface area contributed by atoms with Crippen molar-refractivity contribution < 1.29 is 9.53 Å². The lowest BCUT2D eigenvalue weighted by molar-refractivity contribution is -0.136. The van der Waals surface area contributed by atoms with Gasteiger partial charge in [0.15, 0.2) is 5.16 Å². The lowest BCUT2D eigenvalue weighted by Gasteiger charge is -2.28. The van der Waals surface area contributed by atoms with Crippen molar-refractivity contribution in [1.82, 2.24) is 9.97 Å². The fourth-order valence-corrected chi connectivity index (χ4v) is 4.12. The first-order chi connectivity index (χ1) is 13.1. The Morgan fingerprint density at radius 3 is 2.70 bits per heavy atom. The fraction of sp³-hybridized carbons (Fsp3) is 0.350. The average molecular weight is 385 g/mol. The van der Waals surface area contributed by atoms with E-state index in [1.54, 1.807) is 6.92 Å². The number of fused-ring (bicyclic) bond motifs is 1. The lowest BCUT2D eigenvalue weighted by atomic mass is 9.82. The van der Waals surface area contributed by atoms with E-state index in [-0.39, 0.29) is 5.56 Å². The predicted molar refractivity (Wildman–Crippen MR) is 107 cm³/mol. The molecule has 1 aromatic carbocycles. The summed E-state index contributed by atoms with van der Waals surface area (Å²) in [7, 11) is 1.34. The van der Waals surface area contributed by atoms with Crippen molar-refractivity contribution in [3.05, 3.63) is 63.1 Å². The number of carbonyl (C=O) groups is 1. The Labute approximate surface area is 162 Å². The third-order valence-corrected chi connectivity index (χ3v) is 5.46. The van der Waals surface area contributed by atoms with Crippen molar-refractivity contribution in [3.8, 4) is 0 Å². The van der Waals surface area contributed by atoms with E-state index >= 15 is 0 Å².